The minimum absolute atomic E-state index is 0.487. The summed E-state index contributed by atoms with van der Waals surface area (Å²) in [7, 11) is 0. The van der Waals surface area contributed by atoms with Crippen LogP contribution in [-0.4, -0.2) is 9.13 Å². The first-order chi connectivity index (χ1) is 28.7. The third-order valence-electron chi connectivity index (χ3n) is 12.1. The lowest BCUT2D eigenvalue weighted by atomic mass is 10.0. The highest BCUT2D eigenvalue weighted by Gasteiger charge is 2.24. The average Bonchev–Trinajstić information content (AvgIpc) is 4.04. The summed E-state index contributed by atoms with van der Waals surface area (Å²) in [4.78, 5) is 4.25. The Morgan fingerprint density at radius 1 is 0.466 bits per heavy atom. The van der Waals surface area contributed by atoms with Gasteiger partial charge in [0.05, 0.1) is 55.0 Å². The van der Waals surface area contributed by atoms with Gasteiger partial charge in [-0.1, -0.05) is 121 Å². The lowest BCUT2D eigenvalue weighted by molar-refractivity contribution is 1.15. The fourth-order valence-corrected chi connectivity index (χ4v) is 12.2. The smallest absolute Gasteiger partial charge is 0.212 e. The summed E-state index contributed by atoms with van der Waals surface area (Å²) in [6.07, 6.45) is 0. The van der Waals surface area contributed by atoms with Crippen molar-refractivity contribution in [1.82, 2.24) is 9.13 Å². The first-order valence-corrected chi connectivity index (χ1v) is 20.8. The van der Waals surface area contributed by atoms with Crippen LogP contribution in [0.25, 0.3) is 122 Å². The van der Waals surface area contributed by atoms with Crippen LogP contribution in [0.15, 0.2) is 158 Å². The van der Waals surface area contributed by atoms with Crippen molar-refractivity contribution in [3.05, 3.63) is 175 Å². The zero-order valence-electron chi connectivity index (χ0n) is 30.6. The lowest BCUT2D eigenvalue weighted by Crippen LogP contribution is -2.01. The van der Waals surface area contributed by atoms with Gasteiger partial charge in [-0.3, -0.25) is 0 Å². The monoisotopic (exact) mass is 770 g/mol. The van der Waals surface area contributed by atoms with E-state index in [4.69, 9.17) is 6.57 Å². The maximum atomic E-state index is 11.1. The van der Waals surface area contributed by atoms with Gasteiger partial charge in [0.15, 0.2) is 0 Å². The van der Waals surface area contributed by atoms with E-state index in [0.29, 0.717) is 22.6 Å². The molecule has 0 bridgehead atoms. The van der Waals surface area contributed by atoms with Crippen LogP contribution in [0.1, 0.15) is 5.56 Å². The van der Waals surface area contributed by atoms with Gasteiger partial charge in [0.25, 0.3) is 0 Å². The number of nitriles is 1. The third kappa shape index (κ3) is 4.05. The van der Waals surface area contributed by atoms with Gasteiger partial charge in [-0.25, -0.2) is 4.85 Å². The molecule has 0 aliphatic rings. The second-order valence-corrected chi connectivity index (χ2v) is 17.1. The number of rotatable bonds is 2. The predicted molar refractivity (Wildman–Crippen MR) is 247 cm³/mol. The Morgan fingerprint density at radius 3 is 1.45 bits per heavy atom. The van der Waals surface area contributed by atoms with Crippen LogP contribution in [0, 0.1) is 17.9 Å². The average molecular weight is 771 g/mol. The highest BCUT2D eigenvalue weighted by molar-refractivity contribution is 7.27. The van der Waals surface area contributed by atoms with E-state index in [9.17, 15) is 5.26 Å². The minimum Gasteiger partial charge on any atom is -0.318 e. The second kappa shape index (κ2) is 11.5. The molecule has 0 spiro atoms. The van der Waals surface area contributed by atoms with Crippen LogP contribution in [0.5, 0.6) is 0 Å². The van der Waals surface area contributed by atoms with Crippen molar-refractivity contribution in [2.75, 3.05) is 0 Å². The molecule has 58 heavy (non-hydrogen) atoms. The molecule has 4 aromatic heterocycles. The van der Waals surface area contributed by atoms with Crippen molar-refractivity contribution in [2.24, 2.45) is 0 Å². The Kier molecular flexibility index (Phi) is 6.30. The molecule has 0 atom stereocenters. The largest absolute Gasteiger partial charge is 0.318 e. The number of fused-ring (bicyclic) bond motifs is 18. The Labute approximate surface area is 338 Å². The van der Waals surface area contributed by atoms with E-state index < -0.39 is 0 Å². The van der Waals surface area contributed by atoms with Gasteiger partial charge in [-0.05, 0) is 57.9 Å². The van der Waals surface area contributed by atoms with Crippen molar-refractivity contribution in [1.29, 1.82) is 5.26 Å². The number of nitrogens with zero attached hydrogens (tertiary/aromatic N) is 4. The fraction of sp³-hybridized carbons (Fsp3) is 0. The zero-order chi connectivity index (χ0) is 38.2. The summed E-state index contributed by atoms with van der Waals surface area (Å²) in [6, 6.07) is 58.4. The highest BCUT2D eigenvalue weighted by Crippen LogP contribution is 2.48. The van der Waals surface area contributed by atoms with Crippen LogP contribution in [0.2, 0.25) is 0 Å². The summed E-state index contributed by atoms with van der Waals surface area (Å²) < 4.78 is 9.26. The van der Waals surface area contributed by atoms with E-state index >= 15 is 0 Å². The van der Waals surface area contributed by atoms with Crippen LogP contribution >= 0.6 is 22.7 Å². The Balaban J connectivity index is 1.15. The molecule has 266 valence electrons. The predicted octanol–water partition coefficient (Wildman–Crippen LogP) is 15.3. The van der Waals surface area contributed by atoms with Crippen molar-refractivity contribution in [2.45, 2.75) is 0 Å². The molecule has 13 rings (SSSR count). The van der Waals surface area contributed by atoms with Crippen molar-refractivity contribution in [3.63, 3.8) is 0 Å². The van der Waals surface area contributed by atoms with Crippen LogP contribution < -0.4 is 0 Å². The summed E-state index contributed by atoms with van der Waals surface area (Å²) in [5, 5.41) is 25.4. The molecular formula is C52H26N4S2. The molecule has 4 nitrogen and oxygen atoms in total. The number of aromatic nitrogens is 2. The van der Waals surface area contributed by atoms with Crippen molar-refractivity contribution >= 4 is 134 Å². The topological polar surface area (TPSA) is 38.0 Å². The molecule has 9 aromatic carbocycles. The number of thiophene rings is 2. The van der Waals surface area contributed by atoms with Crippen LogP contribution in [-0.2, 0) is 0 Å². The standard InChI is InChI=1S/C52H26N4S2/c1-54-40-27-43(55-41-16-8-6-14-34(41)36-20-22-38-47-32-12-4-2-10-29(32)18-24-45(47)57-51(38)49(36)55)31(28-53)26-44(40)56-42-17-9-7-15-35(42)37-21-23-39-48-33-13-5-3-11-30(33)19-25-46(48)58-52(39)50(37)56/h2-27H. The molecule has 0 saturated carbocycles. The summed E-state index contributed by atoms with van der Waals surface area (Å²) >= 11 is 3.59. The maximum absolute atomic E-state index is 11.1. The molecule has 0 fully saturated rings. The number of hydrogen-bond acceptors (Lipinski definition) is 3. The highest BCUT2D eigenvalue weighted by atomic mass is 32.1. The molecule has 6 heteroatoms. The normalized spacial score (nSPS) is 12.1. The van der Waals surface area contributed by atoms with E-state index in [1.165, 1.54) is 61.9 Å². The number of hydrogen-bond donors (Lipinski definition) is 0. The zero-order valence-corrected chi connectivity index (χ0v) is 32.2. The first kappa shape index (κ1) is 31.7. The molecule has 0 saturated heterocycles. The molecule has 0 aliphatic carbocycles. The summed E-state index contributed by atoms with van der Waals surface area (Å²) in [5.41, 5.74) is 6.53. The van der Waals surface area contributed by atoms with Gasteiger partial charge < -0.3 is 9.13 Å². The van der Waals surface area contributed by atoms with Gasteiger partial charge >= 0.3 is 0 Å². The lowest BCUT2D eigenvalue weighted by Gasteiger charge is -2.16. The Bertz CT molecular complexity index is 3800. The van der Waals surface area contributed by atoms with Gasteiger partial charge in [0.2, 0.25) is 5.69 Å². The van der Waals surface area contributed by atoms with E-state index in [1.54, 1.807) is 22.7 Å². The molecule has 0 radical (unpaired) electrons. The second-order valence-electron chi connectivity index (χ2n) is 15.0. The minimum atomic E-state index is 0.487. The van der Waals surface area contributed by atoms with E-state index in [1.807, 2.05) is 12.1 Å². The fourth-order valence-electron chi connectivity index (χ4n) is 9.71. The van der Waals surface area contributed by atoms with E-state index in [2.05, 4.69) is 166 Å². The molecule has 0 N–H and O–H groups in total. The summed E-state index contributed by atoms with van der Waals surface area (Å²) in [6.45, 7) is 8.72. The SMILES string of the molecule is [C-]#[N+]c1cc(-n2c3ccccc3c3ccc4c(sc5ccc6ccccc6c54)c32)c(C#N)cc1-n1c2ccccc2c2ccc3c(sc4ccc5ccccc5c43)c21. The van der Waals surface area contributed by atoms with Crippen LogP contribution in [0.3, 0.4) is 0 Å². The van der Waals surface area contributed by atoms with Gasteiger partial charge in [-0.2, -0.15) is 5.26 Å². The van der Waals surface area contributed by atoms with Gasteiger partial charge in [-0.15, -0.1) is 22.7 Å². The molecule has 0 amide bonds. The van der Waals surface area contributed by atoms with Crippen molar-refractivity contribution < 1.29 is 0 Å². The summed E-state index contributed by atoms with van der Waals surface area (Å²) in [5.74, 6) is 0. The third-order valence-corrected chi connectivity index (χ3v) is 14.5. The Morgan fingerprint density at radius 2 is 0.931 bits per heavy atom. The molecule has 13 aromatic rings. The quantitative estimate of drug-likeness (QED) is 0.161. The van der Waals surface area contributed by atoms with E-state index in [0.717, 1.165) is 43.6 Å². The number of benzene rings is 9. The maximum Gasteiger partial charge on any atom is 0.212 e. The Hall–Kier alpha value is -7.48. The van der Waals surface area contributed by atoms with Crippen molar-refractivity contribution in [3.8, 4) is 17.4 Å². The molecule has 4 heterocycles. The molecular weight excluding hydrogens is 745 g/mol. The van der Waals surface area contributed by atoms with Gasteiger partial charge in [0.1, 0.15) is 6.07 Å². The van der Waals surface area contributed by atoms with Crippen LogP contribution in [0.4, 0.5) is 5.69 Å². The number of para-hydroxylation sites is 2. The first-order valence-electron chi connectivity index (χ1n) is 19.2. The van der Waals surface area contributed by atoms with Gasteiger partial charge in [0, 0.05) is 52.5 Å². The van der Waals surface area contributed by atoms with E-state index in [-0.39, 0.29) is 0 Å². The molecule has 0 unspecified atom stereocenters. The molecule has 0 aliphatic heterocycles.